The first kappa shape index (κ1) is 18.1. The third-order valence-corrected chi connectivity index (χ3v) is 3.79. The van der Waals surface area contributed by atoms with Gasteiger partial charge in [-0.2, -0.15) is 0 Å². The number of methoxy groups -OCH3 is 1. The molecule has 0 aliphatic carbocycles. The molecule has 136 valence electrons. The van der Waals surface area contributed by atoms with E-state index in [1.165, 1.54) is 6.92 Å². The van der Waals surface area contributed by atoms with Gasteiger partial charge in [-0.1, -0.05) is 24.3 Å². The number of benzene rings is 2. The molecule has 0 aliphatic heterocycles. The second-order valence-corrected chi connectivity index (χ2v) is 5.72. The Bertz CT molecular complexity index is 971. The minimum Gasteiger partial charge on any atom is -0.495 e. The highest BCUT2D eigenvalue weighted by Crippen LogP contribution is 2.25. The average molecular weight is 362 g/mol. The first-order chi connectivity index (χ1) is 13.1. The molecular formula is C20H18N4O3. The summed E-state index contributed by atoms with van der Waals surface area (Å²) in [6.45, 7) is 1.47. The molecule has 2 N–H and O–H groups in total. The van der Waals surface area contributed by atoms with Crippen LogP contribution in [0.5, 0.6) is 5.75 Å². The number of anilines is 3. The zero-order valence-electron chi connectivity index (χ0n) is 14.9. The topological polar surface area (TPSA) is 93.2 Å². The van der Waals surface area contributed by atoms with Crippen LogP contribution >= 0.6 is 0 Å². The van der Waals surface area contributed by atoms with Crippen molar-refractivity contribution in [3.05, 3.63) is 71.9 Å². The van der Waals surface area contributed by atoms with E-state index < -0.39 is 5.91 Å². The fourth-order valence-corrected chi connectivity index (χ4v) is 2.42. The summed E-state index contributed by atoms with van der Waals surface area (Å²) < 4.78 is 5.27. The van der Waals surface area contributed by atoms with Crippen LogP contribution in [0, 0.1) is 0 Å². The van der Waals surface area contributed by atoms with Gasteiger partial charge in [0.2, 0.25) is 0 Å². The summed E-state index contributed by atoms with van der Waals surface area (Å²) in [4.78, 5) is 23.8. The molecule has 0 aliphatic rings. The number of aromatic nitrogens is 2. The van der Waals surface area contributed by atoms with Crippen molar-refractivity contribution in [2.24, 2.45) is 0 Å². The van der Waals surface area contributed by atoms with Crippen molar-refractivity contribution < 1.29 is 14.3 Å². The number of ether oxygens (including phenoxy) is 1. The van der Waals surface area contributed by atoms with E-state index >= 15 is 0 Å². The zero-order valence-corrected chi connectivity index (χ0v) is 14.9. The fourth-order valence-electron chi connectivity index (χ4n) is 2.42. The van der Waals surface area contributed by atoms with Crippen LogP contribution in [0.4, 0.5) is 17.2 Å². The van der Waals surface area contributed by atoms with Crippen LogP contribution in [0.1, 0.15) is 27.8 Å². The Balaban J connectivity index is 1.70. The van der Waals surface area contributed by atoms with Gasteiger partial charge < -0.3 is 15.4 Å². The predicted octanol–water partition coefficient (Wildman–Crippen LogP) is 3.68. The molecule has 2 aromatic carbocycles. The first-order valence-electron chi connectivity index (χ1n) is 8.23. The van der Waals surface area contributed by atoms with Gasteiger partial charge in [0.05, 0.1) is 12.8 Å². The first-order valence-corrected chi connectivity index (χ1v) is 8.23. The summed E-state index contributed by atoms with van der Waals surface area (Å²) in [6.07, 6.45) is 0. The fraction of sp³-hybridized carbons (Fsp3) is 0.100. The van der Waals surface area contributed by atoms with Crippen LogP contribution in [0.3, 0.4) is 0 Å². The molecule has 0 saturated heterocycles. The molecule has 0 fully saturated rings. The summed E-state index contributed by atoms with van der Waals surface area (Å²) in [7, 11) is 1.58. The lowest BCUT2D eigenvalue weighted by Gasteiger charge is -2.10. The van der Waals surface area contributed by atoms with Crippen LogP contribution in [0.25, 0.3) is 0 Å². The third kappa shape index (κ3) is 4.46. The van der Waals surface area contributed by atoms with E-state index in [1.807, 2.05) is 24.3 Å². The van der Waals surface area contributed by atoms with Crippen LogP contribution in [-0.4, -0.2) is 29.0 Å². The highest BCUT2D eigenvalue weighted by atomic mass is 16.5. The van der Waals surface area contributed by atoms with Gasteiger partial charge in [0.25, 0.3) is 5.91 Å². The SMILES string of the molecule is COc1ccccc1Nc1ccc(C(=O)Nc2cccc(C(C)=O)c2)nn1. The Morgan fingerprint density at radius 2 is 1.78 bits per heavy atom. The van der Waals surface area contributed by atoms with E-state index in [1.54, 1.807) is 43.5 Å². The molecule has 3 rings (SSSR count). The Hall–Kier alpha value is -3.74. The molecule has 3 aromatic rings. The van der Waals surface area contributed by atoms with Gasteiger partial charge in [0.1, 0.15) is 5.75 Å². The van der Waals surface area contributed by atoms with Crippen LogP contribution in [0.15, 0.2) is 60.7 Å². The third-order valence-electron chi connectivity index (χ3n) is 3.79. The van der Waals surface area contributed by atoms with Crippen LogP contribution in [-0.2, 0) is 0 Å². The molecule has 0 atom stereocenters. The Morgan fingerprint density at radius 1 is 0.963 bits per heavy atom. The van der Waals surface area contributed by atoms with Gasteiger partial charge in [0.15, 0.2) is 17.3 Å². The number of hydrogen-bond donors (Lipinski definition) is 2. The molecule has 0 unspecified atom stereocenters. The number of amides is 1. The molecule has 0 saturated carbocycles. The predicted molar refractivity (Wildman–Crippen MR) is 103 cm³/mol. The van der Waals surface area contributed by atoms with Crippen molar-refractivity contribution in [2.45, 2.75) is 6.92 Å². The summed E-state index contributed by atoms with van der Waals surface area (Å²) in [5.74, 6) is 0.672. The number of nitrogens with zero attached hydrogens (tertiary/aromatic N) is 2. The number of Topliss-reactive ketones (excluding diaryl/α,β-unsaturated/α-hetero) is 1. The number of rotatable bonds is 6. The van der Waals surface area contributed by atoms with Crippen LogP contribution in [0.2, 0.25) is 0 Å². The number of carbonyl (C=O) groups is 2. The minimum absolute atomic E-state index is 0.0716. The molecule has 7 heteroatoms. The number of nitrogens with one attached hydrogen (secondary N) is 2. The molecule has 0 radical (unpaired) electrons. The van der Waals surface area contributed by atoms with Gasteiger partial charge in [-0.25, -0.2) is 0 Å². The summed E-state index contributed by atoms with van der Waals surface area (Å²) in [6, 6.07) is 17.3. The largest absolute Gasteiger partial charge is 0.495 e. The average Bonchev–Trinajstić information content (AvgIpc) is 2.69. The quantitative estimate of drug-likeness (QED) is 0.650. The smallest absolute Gasteiger partial charge is 0.276 e. The maximum absolute atomic E-state index is 12.3. The number of hydrogen-bond acceptors (Lipinski definition) is 6. The normalized spacial score (nSPS) is 10.1. The van der Waals surface area contributed by atoms with E-state index in [4.69, 9.17) is 4.74 Å². The van der Waals surface area contributed by atoms with E-state index in [-0.39, 0.29) is 11.5 Å². The number of para-hydroxylation sites is 2. The number of ketones is 1. The molecule has 1 heterocycles. The maximum Gasteiger partial charge on any atom is 0.276 e. The molecule has 1 amide bonds. The molecule has 0 spiro atoms. The van der Waals surface area contributed by atoms with Gasteiger partial charge in [-0.05, 0) is 43.3 Å². The molecular weight excluding hydrogens is 344 g/mol. The van der Waals surface area contributed by atoms with Gasteiger partial charge >= 0.3 is 0 Å². The van der Waals surface area contributed by atoms with Crippen molar-refractivity contribution in [3.8, 4) is 5.75 Å². The standard InChI is InChI=1S/C20H18N4O3/c1-13(25)14-6-5-7-15(12-14)21-20(26)17-10-11-19(24-23-17)22-16-8-3-4-9-18(16)27-2/h3-12H,1-2H3,(H,21,26)(H,22,24). The van der Waals surface area contributed by atoms with Crippen molar-refractivity contribution in [1.82, 2.24) is 10.2 Å². The second-order valence-electron chi connectivity index (χ2n) is 5.72. The summed E-state index contributed by atoms with van der Waals surface area (Å²) >= 11 is 0. The van der Waals surface area contributed by atoms with Crippen molar-refractivity contribution in [2.75, 3.05) is 17.7 Å². The molecule has 27 heavy (non-hydrogen) atoms. The van der Waals surface area contributed by atoms with Gasteiger partial charge in [-0.3, -0.25) is 9.59 Å². The number of carbonyl (C=O) groups excluding carboxylic acids is 2. The van der Waals surface area contributed by atoms with Gasteiger partial charge in [0, 0.05) is 11.3 Å². The van der Waals surface area contributed by atoms with E-state index in [9.17, 15) is 9.59 Å². The Kier molecular flexibility index (Phi) is 5.41. The van der Waals surface area contributed by atoms with Crippen LogP contribution < -0.4 is 15.4 Å². The monoisotopic (exact) mass is 362 g/mol. The molecule has 7 nitrogen and oxygen atoms in total. The van der Waals surface area contributed by atoms with Gasteiger partial charge in [-0.15, -0.1) is 10.2 Å². The highest BCUT2D eigenvalue weighted by Gasteiger charge is 2.10. The zero-order chi connectivity index (χ0) is 19.2. The lowest BCUT2D eigenvalue weighted by atomic mass is 10.1. The van der Waals surface area contributed by atoms with E-state index in [0.29, 0.717) is 22.8 Å². The Morgan fingerprint density at radius 3 is 2.48 bits per heavy atom. The summed E-state index contributed by atoms with van der Waals surface area (Å²) in [5.41, 5.74) is 1.95. The highest BCUT2D eigenvalue weighted by molar-refractivity contribution is 6.03. The lowest BCUT2D eigenvalue weighted by molar-refractivity contribution is 0.100. The lowest BCUT2D eigenvalue weighted by Crippen LogP contribution is -2.15. The van der Waals surface area contributed by atoms with Crippen molar-refractivity contribution in [1.29, 1.82) is 0 Å². The molecule has 0 bridgehead atoms. The van der Waals surface area contributed by atoms with Crippen molar-refractivity contribution >= 4 is 28.9 Å². The summed E-state index contributed by atoms with van der Waals surface area (Å²) in [5, 5.41) is 13.8. The maximum atomic E-state index is 12.3. The second kappa shape index (κ2) is 8.09. The van der Waals surface area contributed by atoms with E-state index in [0.717, 1.165) is 5.69 Å². The van der Waals surface area contributed by atoms with Crippen molar-refractivity contribution in [3.63, 3.8) is 0 Å². The Labute approximate surface area is 156 Å². The minimum atomic E-state index is -0.410. The van der Waals surface area contributed by atoms with E-state index in [2.05, 4.69) is 20.8 Å². The molecule has 1 aromatic heterocycles.